The van der Waals surface area contributed by atoms with Gasteiger partial charge in [0.1, 0.15) is 0 Å². The second kappa shape index (κ2) is 2990. The van der Waals surface area contributed by atoms with Crippen molar-refractivity contribution in [1.82, 2.24) is 0 Å². The molecule has 2 nitrogen and oxygen atoms in total. The van der Waals surface area contributed by atoms with Gasteiger partial charge in [-0.15, -0.1) is 0 Å². The Bertz CT molecular complexity index is 11.9. The summed E-state index contributed by atoms with van der Waals surface area (Å²) in [4.78, 5) is 0. The molecule has 4 N–H and O–H groups in total. The minimum absolute atomic E-state index is 0. The second-order valence-corrected chi connectivity index (χ2v) is 0.816. The molecule has 24 heavy (non-hydrogen) atoms. The van der Waals surface area contributed by atoms with Gasteiger partial charge in [0.25, 0.3) is 0 Å². The highest BCUT2D eigenvalue weighted by atomic mass is 14.5. The predicted molar refractivity (Wildman–Crippen MR) is 142 cm³/mol. The van der Waals surface area contributed by atoms with Crippen molar-refractivity contribution in [2.24, 2.45) is 11.5 Å². The van der Waals surface area contributed by atoms with E-state index in [-0.39, 0.29) is 74.3 Å². The first-order valence-electron chi connectivity index (χ1n) is 6.23. The maximum Gasteiger partial charge on any atom is -0.0106 e. The van der Waals surface area contributed by atoms with Crippen LogP contribution in [0.15, 0.2) is 0 Å². The quantitative estimate of drug-likeness (QED) is 0.445. The molecular weight excluding hydrogens is 292 g/mol. The van der Waals surface area contributed by atoms with Gasteiger partial charge in [-0.1, -0.05) is 144 Å². The summed E-state index contributed by atoms with van der Waals surface area (Å²) in [6.45, 7) is 21.3. The molecule has 0 rings (SSSR count). The molecule has 0 radical (unpaired) electrons. The average molecular weight is 371 g/mol. The van der Waals surface area contributed by atoms with Gasteiger partial charge in [-0.2, -0.15) is 0 Å². The molecule has 0 fully saturated rings. The van der Waals surface area contributed by atoms with E-state index in [9.17, 15) is 0 Å². The van der Waals surface area contributed by atoms with Crippen molar-refractivity contribution in [3.05, 3.63) is 0 Å². The van der Waals surface area contributed by atoms with E-state index in [1.807, 2.05) is 69.2 Å². The standard InChI is InChI=1S/2C2H7N.4C2H6.10CH4/c2*1-2-3;4*1-2;;;;;;;;;;/h2*2-3H2,1H3;4*1-2H3;10*1H4. The van der Waals surface area contributed by atoms with Gasteiger partial charge < -0.3 is 11.5 Å². The van der Waals surface area contributed by atoms with Crippen LogP contribution < -0.4 is 11.5 Å². The lowest BCUT2D eigenvalue weighted by molar-refractivity contribution is 1.14. The van der Waals surface area contributed by atoms with Gasteiger partial charge >= 0.3 is 0 Å². The Hall–Kier alpha value is -0.0800. The first-order valence-corrected chi connectivity index (χ1v) is 6.23. The molecular formula is C22H78N2. The highest BCUT2D eigenvalue weighted by Gasteiger charge is 1.33. The van der Waals surface area contributed by atoms with Crippen LogP contribution in [0, 0.1) is 0 Å². The third-order valence-electron chi connectivity index (χ3n) is 0. The lowest BCUT2D eigenvalue weighted by Crippen LogP contribution is -1.87. The zero-order valence-corrected chi connectivity index (χ0v) is 12.6. The molecule has 2 heteroatoms. The lowest BCUT2D eigenvalue weighted by Gasteiger charge is -1.53. The van der Waals surface area contributed by atoms with E-state index < -0.39 is 0 Å². The third-order valence-corrected chi connectivity index (χ3v) is 0. The van der Waals surface area contributed by atoms with Crippen molar-refractivity contribution >= 4 is 0 Å². The number of nitrogens with two attached hydrogens (primary N) is 2. The minimum atomic E-state index is 0. The van der Waals surface area contributed by atoms with Crippen LogP contribution in [-0.4, -0.2) is 13.1 Å². The van der Waals surface area contributed by atoms with Crippen molar-refractivity contribution in [1.29, 1.82) is 0 Å². The first-order chi connectivity index (χ1) is 6.83. The molecule has 0 amide bonds. The van der Waals surface area contributed by atoms with Crippen LogP contribution in [0.3, 0.4) is 0 Å². The molecule has 0 aliphatic rings. The van der Waals surface area contributed by atoms with Crippen molar-refractivity contribution in [2.75, 3.05) is 13.1 Å². The van der Waals surface area contributed by atoms with E-state index in [1.165, 1.54) is 0 Å². The fourth-order valence-corrected chi connectivity index (χ4v) is 0. The van der Waals surface area contributed by atoms with Gasteiger partial charge in [0, 0.05) is 0 Å². The van der Waals surface area contributed by atoms with Gasteiger partial charge in [0.05, 0.1) is 0 Å². The third kappa shape index (κ3) is 1500000. The van der Waals surface area contributed by atoms with Crippen LogP contribution in [0.5, 0.6) is 0 Å². The SMILES string of the molecule is C.C.C.C.C.C.C.C.C.C.CC.CC.CC.CC.CCN.CCN. The molecule has 0 atom stereocenters. The normalized spacial score (nSPS) is 2.50. The van der Waals surface area contributed by atoms with Gasteiger partial charge in [-0.3, -0.25) is 0 Å². The lowest BCUT2D eigenvalue weighted by atomic mass is 10.8. The fourth-order valence-electron chi connectivity index (χ4n) is 0. The van der Waals surface area contributed by atoms with E-state index in [4.69, 9.17) is 11.5 Å². The zero-order valence-electron chi connectivity index (χ0n) is 12.6. The Kier molecular flexibility index (Phi) is 24900. The van der Waals surface area contributed by atoms with E-state index >= 15 is 0 Å². The van der Waals surface area contributed by atoms with E-state index in [0.717, 1.165) is 13.1 Å². The van der Waals surface area contributed by atoms with Gasteiger partial charge in [0.2, 0.25) is 0 Å². The Morgan fingerprint density at radius 3 is 0.333 bits per heavy atom. The summed E-state index contributed by atoms with van der Waals surface area (Å²) >= 11 is 0. The highest BCUT2D eigenvalue weighted by Crippen LogP contribution is 1.20. The van der Waals surface area contributed by atoms with E-state index in [1.54, 1.807) is 0 Å². The van der Waals surface area contributed by atoms with E-state index in [2.05, 4.69) is 0 Å². The Morgan fingerprint density at radius 2 is 0.333 bits per heavy atom. The molecule has 0 unspecified atom stereocenters. The highest BCUT2D eigenvalue weighted by molar-refractivity contribution is 4.00. The summed E-state index contributed by atoms with van der Waals surface area (Å²) in [5, 5.41) is 0. The van der Waals surface area contributed by atoms with Crippen LogP contribution in [0.4, 0.5) is 0 Å². The molecule has 0 spiro atoms. The average Bonchev–Trinajstić information content (AvgIpc) is 2.31. The monoisotopic (exact) mass is 371 g/mol. The smallest absolute Gasteiger partial charge is 0.0106 e. The Labute approximate surface area is 168 Å². The maximum absolute atomic E-state index is 4.85. The van der Waals surface area contributed by atoms with Gasteiger partial charge in [0.15, 0.2) is 0 Å². The second-order valence-electron chi connectivity index (χ2n) is 0.816. The molecule has 0 aromatic rings. The molecule has 0 aromatic heterocycles. The number of rotatable bonds is 0. The van der Waals surface area contributed by atoms with E-state index in [0.29, 0.717) is 0 Å². The summed E-state index contributed by atoms with van der Waals surface area (Å²) in [6.07, 6.45) is 0. The Balaban J connectivity index is -0.00000000213. The van der Waals surface area contributed by atoms with Crippen molar-refractivity contribution in [3.8, 4) is 0 Å². The minimum Gasteiger partial charge on any atom is -0.331 e. The molecule has 0 bridgehead atoms. The van der Waals surface area contributed by atoms with Crippen LogP contribution in [0.25, 0.3) is 0 Å². The summed E-state index contributed by atoms with van der Waals surface area (Å²) in [6, 6.07) is 0. The summed E-state index contributed by atoms with van der Waals surface area (Å²) in [5.41, 5.74) is 9.69. The Morgan fingerprint density at radius 1 is 0.333 bits per heavy atom. The summed E-state index contributed by atoms with van der Waals surface area (Å²) in [5.74, 6) is 0. The van der Waals surface area contributed by atoms with Crippen LogP contribution in [0.2, 0.25) is 0 Å². The summed E-state index contributed by atoms with van der Waals surface area (Å²) in [7, 11) is 0. The zero-order chi connectivity index (χ0) is 13.4. The molecule has 0 saturated heterocycles. The van der Waals surface area contributed by atoms with Crippen LogP contribution in [-0.2, 0) is 0 Å². The number of hydrogen-bond donors (Lipinski definition) is 2. The van der Waals surface area contributed by atoms with Crippen LogP contribution in [0.1, 0.15) is 144 Å². The molecule has 0 aromatic carbocycles. The van der Waals surface area contributed by atoms with Crippen molar-refractivity contribution in [2.45, 2.75) is 144 Å². The van der Waals surface area contributed by atoms with Gasteiger partial charge in [-0.25, -0.2) is 0 Å². The maximum atomic E-state index is 4.85. The molecule has 176 valence electrons. The fraction of sp³-hybridized carbons (Fsp3) is 1.00. The molecule has 0 aliphatic carbocycles. The number of hydrogen-bond acceptors (Lipinski definition) is 2. The topological polar surface area (TPSA) is 52.0 Å². The van der Waals surface area contributed by atoms with Crippen LogP contribution >= 0.6 is 0 Å². The van der Waals surface area contributed by atoms with Crippen molar-refractivity contribution in [3.63, 3.8) is 0 Å². The van der Waals surface area contributed by atoms with Gasteiger partial charge in [-0.05, 0) is 13.1 Å². The molecule has 0 saturated carbocycles. The molecule has 0 heterocycles. The van der Waals surface area contributed by atoms with Crippen molar-refractivity contribution < 1.29 is 0 Å². The molecule has 0 aliphatic heterocycles. The summed E-state index contributed by atoms with van der Waals surface area (Å²) < 4.78 is 0. The largest absolute Gasteiger partial charge is 0.331 e. The predicted octanol–water partition coefficient (Wildman–Crippen LogP) is 10.4. The first kappa shape index (κ1) is 200.